The van der Waals surface area contributed by atoms with Gasteiger partial charge in [0.25, 0.3) is 0 Å². The molecule has 0 saturated heterocycles. The monoisotopic (exact) mass is 736 g/mol. The van der Waals surface area contributed by atoms with Crippen LogP contribution in [0.3, 0.4) is 0 Å². The van der Waals surface area contributed by atoms with E-state index in [-0.39, 0.29) is 40.9 Å². The molecule has 5 rings (SSSR count). The first kappa shape index (κ1) is 39.0. The summed E-state index contributed by atoms with van der Waals surface area (Å²) in [6.07, 6.45) is 6.30. The van der Waals surface area contributed by atoms with Gasteiger partial charge in [-0.05, 0) is 118 Å². The zero-order valence-corrected chi connectivity index (χ0v) is 29.6. The third kappa shape index (κ3) is 10.7. The highest BCUT2D eigenvalue weighted by atomic mass is 16.6. The second-order valence-corrected chi connectivity index (χ2v) is 13.2. The molecule has 0 amide bonds. The van der Waals surface area contributed by atoms with E-state index in [0.29, 0.717) is 69.2 Å². The molecule has 0 atom stereocenters. The Bertz CT molecular complexity index is 1890. The molecule has 12 heteroatoms. The van der Waals surface area contributed by atoms with Gasteiger partial charge in [0.15, 0.2) is 12.1 Å². The second kappa shape index (κ2) is 18.5. The van der Waals surface area contributed by atoms with Gasteiger partial charge in [-0.15, -0.1) is 0 Å². The number of ketones is 1. The fraction of sp³-hybridized carbons (Fsp3) is 0.310. The van der Waals surface area contributed by atoms with Gasteiger partial charge in [-0.1, -0.05) is 25.3 Å². The molecule has 54 heavy (non-hydrogen) atoms. The molecule has 2 fully saturated rings. The Kier molecular flexibility index (Phi) is 13.4. The van der Waals surface area contributed by atoms with Crippen LogP contribution in [0.25, 0.3) is 0 Å². The number of benzene rings is 3. The summed E-state index contributed by atoms with van der Waals surface area (Å²) in [5.74, 6) is -3.20. The molecular formula is C42H40O12. The Hall–Kier alpha value is -6.17. The molecule has 0 N–H and O–H groups in total. The van der Waals surface area contributed by atoms with E-state index in [2.05, 4.69) is 13.2 Å². The van der Waals surface area contributed by atoms with Crippen molar-refractivity contribution in [3.63, 3.8) is 0 Å². The van der Waals surface area contributed by atoms with Crippen molar-refractivity contribution < 1.29 is 57.2 Å². The number of carbonyl (C=O) groups excluding carboxylic acids is 7. The molecule has 12 nitrogen and oxygen atoms in total. The van der Waals surface area contributed by atoms with E-state index in [1.165, 1.54) is 48.5 Å². The minimum absolute atomic E-state index is 0.0287. The lowest BCUT2D eigenvalue weighted by Gasteiger charge is -2.26. The summed E-state index contributed by atoms with van der Waals surface area (Å²) >= 11 is 0. The van der Waals surface area contributed by atoms with Crippen molar-refractivity contribution in [2.24, 2.45) is 23.7 Å². The van der Waals surface area contributed by atoms with Crippen LogP contribution in [0.15, 0.2) is 92.0 Å². The van der Waals surface area contributed by atoms with Gasteiger partial charge < -0.3 is 23.7 Å². The zero-order chi connectivity index (χ0) is 38.6. The number of ether oxygens (including phenoxy) is 5. The van der Waals surface area contributed by atoms with Gasteiger partial charge in [0, 0.05) is 12.5 Å². The minimum Gasteiger partial charge on any atom is -0.426 e. The molecular weight excluding hydrogens is 696 g/mol. The Balaban J connectivity index is 1.05. The smallest absolute Gasteiger partial charge is 0.335 e. The number of esters is 5. The molecule has 0 unspecified atom stereocenters. The first-order valence-corrected chi connectivity index (χ1v) is 17.7. The summed E-state index contributed by atoms with van der Waals surface area (Å²) in [4.78, 5) is 86.3. The van der Waals surface area contributed by atoms with Crippen molar-refractivity contribution in [2.45, 2.75) is 57.8 Å². The number of allylic oxidation sites excluding steroid dienone is 1. The molecule has 0 aromatic heterocycles. The van der Waals surface area contributed by atoms with Crippen LogP contribution in [-0.4, -0.2) is 41.9 Å². The maximum absolute atomic E-state index is 13.0. The fourth-order valence-corrected chi connectivity index (χ4v) is 6.38. The summed E-state index contributed by atoms with van der Waals surface area (Å²) in [5, 5.41) is 0. The molecule has 0 radical (unpaired) electrons. The second-order valence-electron chi connectivity index (χ2n) is 13.2. The molecule has 0 bridgehead atoms. The van der Waals surface area contributed by atoms with E-state index >= 15 is 0 Å². The van der Waals surface area contributed by atoms with E-state index < -0.39 is 47.6 Å². The van der Waals surface area contributed by atoms with Crippen LogP contribution in [-0.2, 0) is 35.2 Å². The van der Waals surface area contributed by atoms with Crippen molar-refractivity contribution in [2.75, 3.05) is 0 Å². The summed E-state index contributed by atoms with van der Waals surface area (Å²) in [5.41, 5.74) is 0.811. The van der Waals surface area contributed by atoms with Crippen LogP contribution in [0.5, 0.6) is 28.7 Å². The number of rotatable bonds is 14. The van der Waals surface area contributed by atoms with Crippen molar-refractivity contribution in [3.8, 4) is 28.7 Å². The van der Waals surface area contributed by atoms with Gasteiger partial charge in [0.1, 0.15) is 28.7 Å². The maximum Gasteiger partial charge on any atom is 0.335 e. The molecule has 3 aromatic rings. The number of carbonyl (C=O) groups is 7. The molecule has 2 aliphatic rings. The van der Waals surface area contributed by atoms with Gasteiger partial charge in [0.05, 0.1) is 29.2 Å². The molecule has 2 aliphatic carbocycles. The third-order valence-electron chi connectivity index (χ3n) is 9.50. The molecule has 0 spiro atoms. The topological polar surface area (TPSA) is 166 Å². The summed E-state index contributed by atoms with van der Waals surface area (Å²) < 4.78 is 27.1. The average molecular weight is 737 g/mol. The van der Waals surface area contributed by atoms with Crippen LogP contribution in [0.1, 0.15) is 67.3 Å². The van der Waals surface area contributed by atoms with Crippen LogP contribution >= 0.6 is 0 Å². The zero-order valence-electron chi connectivity index (χ0n) is 29.6. The molecule has 0 aliphatic heterocycles. The highest BCUT2D eigenvalue weighted by Gasteiger charge is 2.34. The van der Waals surface area contributed by atoms with Gasteiger partial charge in [-0.25, -0.2) is 4.79 Å². The maximum atomic E-state index is 13.0. The van der Waals surface area contributed by atoms with Crippen LogP contribution in [0.4, 0.5) is 0 Å². The number of hydrogen-bond acceptors (Lipinski definition) is 12. The Morgan fingerprint density at radius 1 is 0.519 bits per heavy atom. The first-order chi connectivity index (χ1) is 26.0. The van der Waals surface area contributed by atoms with E-state index in [9.17, 15) is 33.6 Å². The Labute approximate surface area is 312 Å². The van der Waals surface area contributed by atoms with Crippen LogP contribution in [0.2, 0.25) is 0 Å². The van der Waals surface area contributed by atoms with Crippen LogP contribution < -0.4 is 23.7 Å². The lowest BCUT2D eigenvalue weighted by atomic mass is 9.82. The lowest BCUT2D eigenvalue weighted by Crippen LogP contribution is -2.30. The van der Waals surface area contributed by atoms with Gasteiger partial charge in [-0.3, -0.25) is 28.8 Å². The highest BCUT2D eigenvalue weighted by molar-refractivity contribution is 5.91. The van der Waals surface area contributed by atoms with E-state index in [0.717, 1.165) is 11.6 Å². The minimum atomic E-state index is -0.605. The van der Waals surface area contributed by atoms with E-state index in [1.54, 1.807) is 24.3 Å². The van der Waals surface area contributed by atoms with E-state index in [1.807, 2.05) is 0 Å². The predicted molar refractivity (Wildman–Crippen MR) is 193 cm³/mol. The average Bonchev–Trinajstić information content (AvgIpc) is 3.19. The van der Waals surface area contributed by atoms with Gasteiger partial charge in [-0.2, -0.15) is 0 Å². The van der Waals surface area contributed by atoms with Crippen molar-refractivity contribution in [1.82, 2.24) is 0 Å². The quantitative estimate of drug-likeness (QED) is 0.0762. The molecule has 3 aromatic carbocycles. The van der Waals surface area contributed by atoms with Crippen molar-refractivity contribution in [1.29, 1.82) is 0 Å². The number of aldehydes is 1. The standard InChI is InChI=1S/C42H40O12/c1-3-32(44)23-26-5-15-34(16-6-26)51-39(46)28-11-13-30(14-12-28)42(49)54-37-22-21-36(24-31(37)25-43)53-41(48)29-9-7-27(8-10-29)40(47)52-35-19-17-33(18-20-35)50-38(45)4-2/h3-6,15-22,24-25,27-30H,1-2,7-14,23H2. The van der Waals surface area contributed by atoms with Crippen molar-refractivity contribution >= 4 is 41.9 Å². The molecule has 2 saturated carbocycles. The Morgan fingerprint density at radius 3 is 1.33 bits per heavy atom. The van der Waals surface area contributed by atoms with Gasteiger partial charge in [0.2, 0.25) is 0 Å². The fourth-order valence-electron chi connectivity index (χ4n) is 6.38. The third-order valence-corrected chi connectivity index (χ3v) is 9.50. The predicted octanol–water partition coefficient (Wildman–Crippen LogP) is 6.52. The highest BCUT2D eigenvalue weighted by Crippen LogP contribution is 2.34. The first-order valence-electron chi connectivity index (χ1n) is 17.7. The lowest BCUT2D eigenvalue weighted by molar-refractivity contribution is -0.145. The summed E-state index contributed by atoms with van der Waals surface area (Å²) in [7, 11) is 0. The molecule has 0 heterocycles. The van der Waals surface area contributed by atoms with E-state index in [4.69, 9.17) is 23.7 Å². The molecule has 280 valence electrons. The van der Waals surface area contributed by atoms with Crippen LogP contribution in [0, 0.1) is 23.7 Å². The van der Waals surface area contributed by atoms with Gasteiger partial charge >= 0.3 is 29.8 Å². The normalized spacial score (nSPS) is 19.3. The summed E-state index contributed by atoms with van der Waals surface area (Å²) in [6, 6.07) is 16.9. The number of hydrogen-bond donors (Lipinski definition) is 0. The Morgan fingerprint density at radius 2 is 0.907 bits per heavy atom. The summed E-state index contributed by atoms with van der Waals surface area (Å²) in [6.45, 7) is 6.80. The van der Waals surface area contributed by atoms with Crippen molar-refractivity contribution in [3.05, 3.63) is 103 Å². The largest absolute Gasteiger partial charge is 0.426 e. The SMILES string of the molecule is C=CC(=O)Cc1ccc(OC(=O)C2CCC(C(=O)Oc3ccc(OC(=O)C4CCC(C(=O)Oc5ccc(OC(=O)C=C)cc5)CC4)cc3C=O)CC2)cc1.